The lowest BCUT2D eigenvalue weighted by atomic mass is 10.1. The molecule has 1 unspecified atom stereocenters. The van der Waals surface area contributed by atoms with E-state index in [-0.39, 0.29) is 17.1 Å². The maximum Gasteiger partial charge on any atom is 0.349 e. The molecule has 1 aromatic carbocycles. The van der Waals surface area contributed by atoms with Gasteiger partial charge in [0.25, 0.3) is 5.91 Å². The summed E-state index contributed by atoms with van der Waals surface area (Å²) in [5.74, 6) is -1.46. The molecule has 0 spiro atoms. The van der Waals surface area contributed by atoms with Crippen LogP contribution in [0.3, 0.4) is 0 Å². The van der Waals surface area contributed by atoms with Gasteiger partial charge in [-0.25, -0.2) is 13.2 Å². The Morgan fingerprint density at radius 1 is 1.25 bits per heavy atom. The van der Waals surface area contributed by atoms with Crippen LogP contribution < -0.4 is 4.90 Å². The number of carbonyl (C=O) groups is 2. The van der Waals surface area contributed by atoms with Gasteiger partial charge in [-0.1, -0.05) is 12.1 Å². The van der Waals surface area contributed by atoms with Crippen molar-refractivity contribution < 1.29 is 22.7 Å². The van der Waals surface area contributed by atoms with E-state index in [0.717, 1.165) is 5.69 Å². The molecule has 1 fully saturated rings. The highest BCUT2D eigenvalue weighted by atomic mass is 32.2. The van der Waals surface area contributed by atoms with E-state index in [4.69, 9.17) is 4.74 Å². The predicted octanol–water partition coefficient (Wildman–Crippen LogP) is 0.848. The van der Waals surface area contributed by atoms with E-state index in [1.54, 1.807) is 18.2 Å². The summed E-state index contributed by atoms with van der Waals surface area (Å²) in [7, 11) is 2.16. The normalized spacial score (nSPS) is 18.2. The fraction of sp³-hybridized carbons (Fsp3) is 0.421. The number of nitrogens with zero attached hydrogens (tertiary/aromatic N) is 3. The number of benzene rings is 1. The number of hydrogen-bond donors (Lipinski definition) is 0. The van der Waals surface area contributed by atoms with Gasteiger partial charge in [-0.3, -0.25) is 4.79 Å². The molecule has 1 heterocycles. The van der Waals surface area contributed by atoms with E-state index in [9.17, 15) is 23.3 Å². The Morgan fingerprint density at radius 2 is 1.89 bits per heavy atom. The minimum absolute atomic E-state index is 0.0446. The molecule has 1 aromatic rings. The molecule has 1 saturated heterocycles. The first-order chi connectivity index (χ1) is 13.1. The Kier molecular flexibility index (Phi) is 6.80. The molecule has 9 heteroatoms. The molecule has 1 amide bonds. The van der Waals surface area contributed by atoms with E-state index in [2.05, 4.69) is 0 Å². The van der Waals surface area contributed by atoms with Crippen LogP contribution in [0.5, 0.6) is 0 Å². The molecule has 0 aliphatic carbocycles. The number of hydrogen-bond acceptors (Lipinski definition) is 7. The monoisotopic (exact) mass is 405 g/mol. The average Bonchev–Trinajstić information content (AvgIpc) is 3.03. The maximum absolute atomic E-state index is 12.2. The van der Waals surface area contributed by atoms with Gasteiger partial charge in [0, 0.05) is 32.9 Å². The zero-order chi connectivity index (χ0) is 20.9. The van der Waals surface area contributed by atoms with Gasteiger partial charge < -0.3 is 14.5 Å². The molecule has 1 aliphatic heterocycles. The smallest absolute Gasteiger partial charge is 0.349 e. The van der Waals surface area contributed by atoms with Gasteiger partial charge >= 0.3 is 5.97 Å². The van der Waals surface area contributed by atoms with Crippen molar-refractivity contribution in [1.82, 2.24) is 4.90 Å². The van der Waals surface area contributed by atoms with E-state index < -0.39 is 34.4 Å². The molecular formula is C19H23N3O5S. The van der Waals surface area contributed by atoms with Crippen LogP contribution in [0.25, 0.3) is 6.08 Å². The van der Waals surface area contributed by atoms with Crippen LogP contribution in [-0.2, 0) is 24.2 Å². The fourth-order valence-electron chi connectivity index (χ4n) is 2.76. The number of likely N-dealkylation sites (N-methyl/N-ethyl adjacent to an activating group) is 1. The Bertz CT molecular complexity index is 914. The Balaban J connectivity index is 1.96. The van der Waals surface area contributed by atoms with Gasteiger partial charge in [-0.15, -0.1) is 0 Å². The van der Waals surface area contributed by atoms with Gasteiger partial charge in [-0.2, -0.15) is 5.26 Å². The lowest BCUT2D eigenvalue weighted by molar-refractivity contribution is -0.148. The van der Waals surface area contributed by atoms with Crippen LogP contribution in [0.2, 0.25) is 0 Å². The minimum atomic E-state index is -3.12. The largest absolute Gasteiger partial charge is 0.451 e. The van der Waals surface area contributed by atoms with Gasteiger partial charge in [-0.05, 0) is 30.2 Å². The summed E-state index contributed by atoms with van der Waals surface area (Å²) < 4.78 is 28.0. The third-order valence-corrected chi connectivity index (χ3v) is 6.29. The summed E-state index contributed by atoms with van der Waals surface area (Å²) in [5, 5.41) is 9.22. The Hall–Kier alpha value is -2.86. The van der Waals surface area contributed by atoms with Crippen LogP contribution in [-0.4, -0.2) is 70.5 Å². The van der Waals surface area contributed by atoms with Crippen LogP contribution in [0.15, 0.2) is 29.8 Å². The van der Waals surface area contributed by atoms with Crippen molar-refractivity contribution in [3.63, 3.8) is 0 Å². The maximum atomic E-state index is 12.2. The zero-order valence-electron chi connectivity index (χ0n) is 16.1. The van der Waals surface area contributed by atoms with E-state index in [1.165, 1.54) is 18.0 Å². The van der Waals surface area contributed by atoms with E-state index in [0.29, 0.717) is 12.0 Å². The highest BCUT2D eigenvalue weighted by Crippen LogP contribution is 2.17. The molecule has 0 bridgehead atoms. The molecule has 0 aromatic heterocycles. The Morgan fingerprint density at radius 3 is 2.39 bits per heavy atom. The van der Waals surface area contributed by atoms with Gasteiger partial charge in [0.15, 0.2) is 16.4 Å². The minimum Gasteiger partial charge on any atom is -0.451 e. The van der Waals surface area contributed by atoms with Crippen LogP contribution in [0.4, 0.5) is 5.69 Å². The van der Waals surface area contributed by atoms with Crippen molar-refractivity contribution >= 4 is 33.5 Å². The number of carbonyl (C=O) groups excluding carboxylic acids is 2. The summed E-state index contributed by atoms with van der Waals surface area (Å²) in [5.41, 5.74) is 1.40. The Labute approximate surface area is 164 Å². The number of ether oxygens (including phenoxy) is 1. The van der Waals surface area contributed by atoms with Crippen LogP contribution in [0.1, 0.15) is 12.0 Å². The molecule has 1 atom stereocenters. The summed E-state index contributed by atoms with van der Waals surface area (Å²) in [6.45, 7) is -0.551. The van der Waals surface area contributed by atoms with E-state index in [1.807, 2.05) is 31.1 Å². The van der Waals surface area contributed by atoms with Gasteiger partial charge in [0.1, 0.15) is 11.6 Å². The third kappa shape index (κ3) is 5.57. The number of anilines is 1. The molecule has 8 nitrogen and oxygen atoms in total. The molecule has 0 saturated carbocycles. The first-order valence-electron chi connectivity index (χ1n) is 8.65. The SMILES string of the molecule is CN(C)c1ccc(/C=C(\C#N)C(=O)OCC(=O)N(C)C2CCS(=O)(=O)C2)cc1. The van der Waals surface area contributed by atoms with Crippen molar-refractivity contribution in [2.75, 3.05) is 44.2 Å². The van der Waals surface area contributed by atoms with E-state index >= 15 is 0 Å². The summed E-state index contributed by atoms with van der Waals surface area (Å²) in [6, 6.07) is 8.58. The first kappa shape index (κ1) is 21.4. The molecule has 2 rings (SSSR count). The summed E-state index contributed by atoms with van der Waals surface area (Å²) >= 11 is 0. The summed E-state index contributed by atoms with van der Waals surface area (Å²) in [4.78, 5) is 27.5. The average molecular weight is 405 g/mol. The second-order valence-electron chi connectivity index (χ2n) is 6.79. The molecule has 150 valence electrons. The highest BCUT2D eigenvalue weighted by molar-refractivity contribution is 7.91. The number of rotatable bonds is 6. The van der Waals surface area contributed by atoms with Gasteiger partial charge in [0.2, 0.25) is 0 Å². The fourth-order valence-corrected chi connectivity index (χ4v) is 4.54. The van der Waals surface area contributed by atoms with Crippen molar-refractivity contribution in [3.8, 4) is 6.07 Å². The predicted molar refractivity (Wildman–Crippen MR) is 105 cm³/mol. The number of sulfone groups is 1. The highest BCUT2D eigenvalue weighted by Gasteiger charge is 2.33. The molecular weight excluding hydrogens is 382 g/mol. The van der Waals surface area contributed by atoms with Crippen molar-refractivity contribution in [1.29, 1.82) is 5.26 Å². The molecule has 28 heavy (non-hydrogen) atoms. The molecule has 1 aliphatic rings. The standard InChI is InChI=1S/C19H23N3O5S/c1-21(2)16-6-4-14(5-7-16)10-15(11-20)19(24)27-12-18(23)22(3)17-8-9-28(25,26)13-17/h4-7,10,17H,8-9,12-13H2,1-3H3/b15-10+. The number of amides is 1. The second kappa shape index (κ2) is 8.89. The quantitative estimate of drug-likeness (QED) is 0.392. The molecule has 0 N–H and O–H groups in total. The number of esters is 1. The van der Waals surface area contributed by atoms with Crippen molar-refractivity contribution in [3.05, 3.63) is 35.4 Å². The number of nitriles is 1. The first-order valence-corrected chi connectivity index (χ1v) is 10.5. The summed E-state index contributed by atoms with van der Waals surface area (Å²) in [6.07, 6.45) is 1.75. The second-order valence-corrected chi connectivity index (χ2v) is 9.02. The zero-order valence-corrected chi connectivity index (χ0v) is 16.9. The van der Waals surface area contributed by atoms with Crippen LogP contribution >= 0.6 is 0 Å². The topological polar surface area (TPSA) is 108 Å². The van der Waals surface area contributed by atoms with Crippen molar-refractivity contribution in [2.24, 2.45) is 0 Å². The molecule has 0 radical (unpaired) electrons. The van der Waals surface area contributed by atoms with Crippen LogP contribution in [0, 0.1) is 11.3 Å². The lowest BCUT2D eigenvalue weighted by Gasteiger charge is -2.23. The van der Waals surface area contributed by atoms with Crippen molar-refractivity contribution in [2.45, 2.75) is 12.5 Å². The third-order valence-electron chi connectivity index (χ3n) is 4.54. The van der Waals surface area contributed by atoms with Gasteiger partial charge in [0.05, 0.1) is 11.5 Å². The lowest BCUT2D eigenvalue weighted by Crippen LogP contribution is -2.40.